The number of hydrogen-bond donors (Lipinski definition) is 2. The van der Waals surface area contributed by atoms with Crippen molar-refractivity contribution in [3.05, 3.63) is 42.0 Å². The van der Waals surface area contributed by atoms with Gasteiger partial charge in [0.05, 0.1) is 12.1 Å². The molecule has 0 radical (unpaired) electrons. The monoisotopic (exact) mass is 224 g/mol. The van der Waals surface area contributed by atoms with Crippen molar-refractivity contribution < 1.29 is 4.79 Å². The van der Waals surface area contributed by atoms with Gasteiger partial charge in [0.25, 0.3) is 5.91 Å². The van der Waals surface area contributed by atoms with Gasteiger partial charge in [0.2, 0.25) is 0 Å². The second-order valence-corrected chi connectivity index (χ2v) is 3.67. The molecule has 0 aromatic heterocycles. The zero-order chi connectivity index (χ0) is 12.3. The van der Waals surface area contributed by atoms with Crippen molar-refractivity contribution in [3.63, 3.8) is 0 Å². The molecule has 3 N–H and O–H groups in total. The summed E-state index contributed by atoms with van der Waals surface area (Å²) in [5.74, 6) is 2.11. The molecule has 0 saturated carbocycles. The third-order valence-corrected chi connectivity index (χ3v) is 2.51. The van der Waals surface area contributed by atoms with E-state index < -0.39 is 0 Å². The van der Waals surface area contributed by atoms with Crippen molar-refractivity contribution in [2.45, 2.75) is 0 Å². The molecule has 1 amide bonds. The number of amides is 1. The Bertz CT molecular complexity index is 611. The van der Waals surface area contributed by atoms with Crippen molar-refractivity contribution in [2.75, 3.05) is 12.3 Å². The Balaban J connectivity index is 2.44. The van der Waals surface area contributed by atoms with E-state index in [4.69, 9.17) is 12.2 Å². The van der Waals surface area contributed by atoms with Gasteiger partial charge in [0, 0.05) is 5.69 Å². The summed E-state index contributed by atoms with van der Waals surface area (Å²) < 4.78 is 0. The number of anilines is 1. The Morgan fingerprint density at radius 3 is 2.59 bits per heavy atom. The van der Waals surface area contributed by atoms with Crippen LogP contribution in [0.3, 0.4) is 0 Å². The number of terminal acetylenes is 1. The smallest absolute Gasteiger partial charge is 0.254 e. The van der Waals surface area contributed by atoms with E-state index in [0.717, 1.165) is 10.8 Å². The van der Waals surface area contributed by atoms with Crippen LogP contribution in [0.15, 0.2) is 36.4 Å². The summed E-state index contributed by atoms with van der Waals surface area (Å²) in [6.07, 6.45) is 5.09. The van der Waals surface area contributed by atoms with Crippen molar-refractivity contribution in [1.82, 2.24) is 5.32 Å². The molecule has 17 heavy (non-hydrogen) atoms. The highest BCUT2D eigenvalue weighted by Gasteiger charge is 2.09. The van der Waals surface area contributed by atoms with Gasteiger partial charge >= 0.3 is 0 Å². The van der Waals surface area contributed by atoms with Gasteiger partial charge in [-0.15, -0.1) is 6.42 Å². The van der Waals surface area contributed by atoms with Crippen LogP contribution in [0.5, 0.6) is 0 Å². The lowest BCUT2D eigenvalue weighted by molar-refractivity contribution is 0.0959. The summed E-state index contributed by atoms with van der Waals surface area (Å²) in [5, 5.41) is 4.59. The molecule has 0 fully saturated rings. The van der Waals surface area contributed by atoms with Crippen molar-refractivity contribution >= 4 is 22.4 Å². The van der Waals surface area contributed by atoms with E-state index in [1.807, 2.05) is 24.3 Å². The minimum atomic E-state index is -0.244. The summed E-state index contributed by atoms with van der Waals surface area (Å²) in [6.45, 7) is 0.200. The second kappa shape index (κ2) is 4.58. The summed E-state index contributed by atoms with van der Waals surface area (Å²) in [5.41, 5.74) is 6.76. The van der Waals surface area contributed by atoms with E-state index >= 15 is 0 Å². The summed E-state index contributed by atoms with van der Waals surface area (Å²) in [6, 6.07) is 11.3. The Morgan fingerprint density at radius 2 is 1.94 bits per heavy atom. The zero-order valence-corrected chi connectivity index (χ0v) is 9.23. The molecular weight excluding hydrogens is 212 g/mol. The average molecular weight is 224 g/mol. The number of carbonyl (C=O) groups excluding carboxylic acids is 1. The Hall–Kier alpha value is -2.47. The fraction of sp³-hybridized carbons (Fsp3) is 0.0714. The number of fused-ring (bicyclic) bond motifs is 1. The average Bonchev–Trinajstić information content (AvgIpc) is 2.35. The van der Waals surface area contributed by atoms with Crippen LogP contribution < -0.4 is 11.1 Å². The standard InChI is InChI=1S/C14H12N2O/c1-2-7-16-14(17)12-8-10-5-3-4-6-11(10)9-13(12)15/h1,3-6,8-9H,7,15H2,(H,16,17). The van der Waals surface area contributed by atoms with Crippen molar-refractivity contribution in [1.29, 1.82) is 0 Å². The van der Waals surface area contributed by atoms with Gasteiger partial charge in [-0.2, -0.15) is 0 Å². The fourth-order valence-electron chi connectivity index (χ4n) is 1.68. The number of carbonyl (C=O) groups is 1. The fourth-order valence-corrected chi connectivity index (χ4v) is 1.68. The number of benzene rings is 2. The second-order valence-electron chi connectivity index (χ2n) is 3.67. The van der Waals surface area contributed by atoms with Gasteiger partial charge in [0.15, 0.2) is 0 Å². The summed E-state index contributed by atoms with van der Waals surface area (Å²) >= 11 is 0. The van der Waals surface area contributed by atoms with Crippen molar-refractivity contribution in [2.24, 2.45) is 0 Å². The first-order chi connectivity index (χ1) is 8.22. The summed E-state index contributed by atoms with van der Waals surface area (Å²) in [7, 11) is 0. The quantitative estimate of drug-likeness (QED) is 0.603. The molecule has 2 rings (SSSR count). The molecular formula is C14H12N2O. The van der Waals surface area contributed by atoms with Gasteiger partial charge in [-0.25, -0.2) is 0 Å². The first-order valence-corrected chi connectivity index (χ1v) is 5.22. The SMILES string of the molecule is C#CCNC(=O)c1cc2ccccc2cc1N. The Morgan fingerprint density at radius 1 is 1.29 bits per heavy atom. The lowest BCUT2D eigenvalue weighted by atomic mass is 10.0. The van der Waals surface area contributed by atoms with Crippen LogP contribution >= 0.6 is 0 Å². The van der Waals surface area contributed by atoms with Crippen LogP contribution in [0.25, 0.3) is 10.8 Å². The maximum Gasteiger partial charge on any atom is 0.254 e. The lowest BCUT2D eigenvalue weighted by Gasteiger charge is -2.07. The minimum Gasteiger partial charge on any atom is -0.398 e. The molecule has 0 saturated heterocycles. The highest BCUT2D eigenvalue weighted by Crippen LogP contribution is 2.21. The largest absolute Gasteiger partial charge is 0.398 e. The Labute approximate surface area is 99.6 Å². The topological polar surface area (TPSA) is 55.1 Å². The summed E-state index contributed by atoms with van der Waals surface area (Å²) in [4.78, 5) is 11.8. The molecule has 3 nitrogen and oxygen atoms in total. The first kappa shape index (κ1) is 11.0. The predicted molar refractivity (Wildman–Crippen MR) is 69.5 cm³/mol. The number of nitrogens with two attached hydrogens (primary N) is 1. The maximum atomic E-state index is 11.8. The highest BCUT2D eigenvalue weighted by atomic mass is 16.1. The van der Waals surface area contributed by atoms with E-state index in [-0.39, 0.29) is 12.5 Å². The van der Waals surface area contributed by atoms with Crippen molar-refractivity contribution in [3.8, 4) is 12.3 Å². The molecule has 3 heteroatoms. The van der Waals surface area contributed by atoms with E-state index in [1.54, 1.807) is 12.1 Å². The third kappa shape index (κ3) is 2.21. The van der Waals surface area contributed by atoms with Crippen LogP contribution in [-0.4, -0.2) is 12.5 Å². The van der Waals surface area contributed by atoms with Gasteiger partial charge in [-0.3, -0.25) is 4.79 Å². The number of nitrogen functional groups attached to an aromatic ring is 1. The van der Waals surface area contributed by atoms with Crippen LogP contribution in [0, 0.1) is 12.3 Å². The van der Waals surface area contributed by atoms with Gasteiger partial charge in [0.1, 0.15) is 0 Å². The molecule has 0 heterocycles. The molecule has 0 aliphatic rings. The maximum absolute atomic E-state index is 11.8. The molecule has 0 spiro atoms. The van der Waals surface area contributed by atoms with E-state index in [9.17, 15) is 4.79 Å². The molecule has 2 aromatic rings. The molecule has 0 atom stereocenters. The number of rotatable bonds is 2. The van der Waals surface area contributed by atoms with E-state index in [0.29, 0.717) is 11.3 Å². The van der Waals surface area contributed by atoms with Gasteiger partial charge < -0.3 is 11.1 Å². The highest BCUT2D eigenvalue weighted by molar-refractivity contribution is 6.03. The Kier molecular flexibility index (Phi) is 2.97. The molecule has 0 aliphatic heterocycles. The van der Waals surface area contributed by atoms with Crippen LogP contribution in [0.2, 0.25) is 0 Å². The third-order valence-electron chi connectivity index (χ3n) is 2.51. The predicted octanol–water partition coefficient (Wildman–Crippen LogP) is 1.78. The molecule has 0 unspecified atom stereocenters. The zero-order valence-electron chi connectivity index (χ0n) is 9.23. The molecule has 84 valence electrons. The van der Waals surface area contributed by atoms with Crippen LogP contribution in [-0.2, 0) is 0 Å². The first-order valence-electron chi connectivity index (χ1n) is 5.22. The van der Waals surface area contributed by atoms with Gasteiger partial charge in [-0.1, -0.05) is 30.2 Å². The number of nitrogens with one attached hydrogen (secondary N) is 1. The number of hydrogen-bond acceptors (Lipinski definition) is 2. The molecule has 2 aromatic carbocycles. The van der Waals surface area contributed by atoms with Crippen LogP contribution in [0.4, 0.5) is 5.69 Å². The molecule has 0 bridgehead atoms. The van der Waals surface area contributed by atoms with Crippen LogP contribution in [0.1, 0.15) is 10.4 Å². The minimum absolute atomic E-state index is 0.200. The van der Waals surface area contributed by atoms with Gasteiger partial charge in [-0.05, 0) is 22.9 Å². The lowest BCUT2D eigenvalue weighted by Crippen LogP contribution is -2.24. The van der Waals surface area contributed by atoms with E-state index in [1.165, 1.54) is 0 Å². The van der Waals surface area contributed by atoms with E-state index in [2.05, 4.69) is 11.2 Å². The normalized spacial score (nSPS) is 9.82. The molecule has 0 aliphatic carbocycles.